The number of aromatic nitrogens is 1. The number of carbonyl (C=O) groups excluding carboxylic acids is 2. The van der Waals surface area contributed by atoms with Crippen LogP contribution in [0.25, 0.3) is 0 Å². The van der Waals surface area contributed by atoms with Crippen LogP contribution in [0, 0.1) is 0 Å². The third kappa shape index (κ3) is 4.08. The second-order valence-electron chi connectivity index (χ2n) is 3.60. The summed E-state index contributed by atoms with van der Waals surface area (Å²) in [5.41, 5.74) is -0.113. The lowest BCUT2D eigenvalue weighted by Crippen LogP contribution is -2.18. The summed E-state index contributed by atoms with van der Waals surface area (Å²) in [5, 5.41) is 0. The van der Waals surface area contributed by atoms with Crippen molar-refractivity contribution < 1.29 is 23.8 Å². The maximum absolute atomic E-state index is 12.3. The predicted molar refractivity (Wildman–Crippen MR) is 71.5 cm³/mol. The Morgan fingerprint density at radius 2 is 2.00 bits per heavy atom. The molecule has 0 spiro atoms. The third-order valence-electron chi connectivity index (χ3n) is 2.27. The fourth-order valence-electron chi connectivity index (χ4n) is 1.36. The topological polar surface area (TPSA) is 74.7 Å². The summed E-state index contributed by atoms with van der Waals surface area (Å²) in [4.78, 5) is 28.0. The first kappa shape index (κ1) is 15.7. The standard InChI is InChI=1S/C14H17NO5/c1-4-19-9-10(14(17)20-5-2)13(16)11-7-6-8-12(15-11)18-3/h6-9H,4-5H2,1-3H3. The first-order chi connectivity index (χ1) is 9.63. The zero-order valence-corrected chi connectivity index (χ0v) is 11.7. The molecule has 1 aromatic heterocycles. The molecule has 1 rings (SSSR count). The molecule has 0 unspecified atom stereocenters. The van der Waals surface area contributed by atoms with Crippen molar-refractivity contribution in [1.29, 1.82) is 0 Å². The number of carbonyl (C=O) groups is 2. The fourth-order valence-corrected chi connectivity index (χ4v) is 1.36. The zero-order valence-electron chi connectivity index (χ0n) is 11.7. The number of Topliss-reactive ketones (excluding diaryl/α,β-unsaturated/α-hetero) is 1. The summed E-state index contributed by atoms with van der Waals surface area (Å²) in [6, 6.07) is 4.71. The smallest absolute Gasteiger partial charge is 0.345 e. The van der Waals surface area contributed by atoms with Crippen molar-refractivity contribution in [3.63, 3.8) is 0 Å². The van der Waals surface area contributed by atoms with Gasteiger partial charge in [-0.3, -0.25) is 4.79 Å². The van der Waals surface area contributed by atoms with Gasteiger partial charge in [0.15, 0.2) is 0 Å². The average Bonchev–Trinajstić information content (AvgIpc) is 2.47. The molecule has 0 aromatic carbocycles. The highest BCUT2D eigenvalue weighted by Crippen LogP contribution is 2.12. The molecule has 0 saturated heterocycles. The van der Waals surface area contributed by atoms with Crippen molar-refractivity contribution in [1.82, 2.24) is 4.98 Å². The molecule has 0 aliphatic rings. The minimum atomic E-state index is -0.740. The van der Waals surface area contributed by atoms with Crippen LogP contribution in [0.3, 0.4) is 0 Å². The molecule has 0 N–H and O–H groups in total. The Labute approximate surface area is 117 Å². The molecule has 108 valence electrons. The van der Waals surface area contributed by atoms with Gasteiger partial charge >= 0.3 is 5.97 Å². The first-order valence-corrected chi connectivity index (χ1v) is 6.18. The highest BCUT2D eigenvalue weighted by atomic mass is 16.5. The summed E-state index contributed by atoms with van der Waals surface area (Å²) >= 11 is 0. The third-order valence-corrected chi connectivity index (χ3v) is 2.27. The van der Waals surface area contributed by atoms with Crippen LogP contribution in [0.5, 0.6) is 5.88 Å². The molecule has 0 bridgehead atoms. The monoisotopic (exact) mass is 279 g/mol. The quantitative estimate of drug-likeness (QED) is 0.189. The Hall–Kier alpha value is -2.37. The molecule has 0 radical (unpaired) electrons. The Morgan fingerprint density at radius 1 is 1.25 bits per heavy atom. The SMILES string of the molecule is CCOC=C(C(=O)OCC)C(=O)c1cccc(OC)n1. The number of pyridine rings is 1. The van der Waals surface area contributed by atoms with Crippen molar-refractivity contribution in [2.45, 2.75) is 13.8 Å². The van der Waals surface area contributed by atoms with E-state index in [4.69, 9.17) is 14.2 Å². The zero-order chi connectivity index (χ0) is 15.0. The van der Waals surface area contributed by atoms with E-state index in [1.165, 1.54) is 13.2 Å². The minimum Gasteiger partial charge on any atom is -0.500 e. The van der Waals surface area contributed by atoms with Gasteiger partial charge in [-0.15, -0.1) is 0 Å². The van der Waals surface area contributed by atoms with Crippen molar-refractivity contribution in [3.05, 3.63) is 35.7 Å². The second-order valence-corrected chi connectivity index (χ2v) is 3.60. The number of ether oxygens (including phenoxy) is 3. The van der Waals surface area contributed by atoms with Gasteiger partial charge in [-0.05, 0) is 19.9 Å². The lowest BCUT2D eigenvalue weighted by Gasteiger charge is -2.07. The number of methoxy groups -OCH3 is 1. The molecule has 20 heavy (non-hydrogen) atoms. The summed E-state index contributed by atoms with van der Waals surface area (Å²) in [5.74, 6) is -1.03. The lowest BCUT2D eigenvalue weighted by molar-refractivity contribution is -0.138. The molecule has 1 heterocycles. The molecule has 0 aliphatic carbocycles. The molecule has 6 heteroatoms. The number of ketones is 1. The summed E-state index contributed by atoms with van der Waals surface area (Å²) in [7, 11) is 1.44. The number of hydrogen-bond acceptors (Lipinski definition) is 6. The molecular weight excluding hydrogens is 262 g/mol. The van der Waals surface area contributed by atoms with Gasteiger partial charge < -0.3 is 14.2 Å². The number of esters is 1. The molecule has 0 aliphatic heterocycles. The molecule has 0 saturated carbocycles. The van der Waals surface area contributed by atoms with Crippen LogP contribution in [-0.4, -0.2) is 37.1 Å². The summed E-state index contributed by atoms with van der Waals surface area (Å²) in [6.45, 7) is 3.90. The predicted octanol–water partition coefficient (Wildman–Crippen LogP) is 1.76. The van der Waals surface area contributed by atoms with Crippen LogP contribution in [0.2, 0.25) is 0 Å². The van der Waals surface area contributed by atoms with Crippen LogP contribution >= 0.6 is 0 Å². The van der Waals surface area contributed by atoms with Crippen LogP contribution in [-0.2, 0) is 14.3 Å². The van der Waals surface area contributed by atoms with Gasteiger partial charge in [0.05, 0.1) is 20.3 Å². The van der Waals surface area contributed by atoms with Gasteiger partial charge in [0, 0.05) is 6.07 Å². The van der Waals surface area contributed by atoms with Crippen molar-refractivity contribution in [2.24, 2.45) is 0 Å². The Bertz CT molecular complexity index is 510. The van der Waals surface area contributed by atoms with Crippen molar-refractivity contribution >= 4 is 11.8 Å². The van der Waals surface area contributed by atoms with E-state index in [-0.39, 0.29) is 23.8 Å². The molecule has 0 atom stereocenters. The van der Waals surface area contributed by atoms with Gasteiger partial charge in [0.25, 0.3) is 0 Å². The highest BCUT2D eigenvalue weighted by molar-refractivity contribution is 6.23. The van der Waals surface area contributed by atoms with E-state index in [0.717, 1.165) is 6.26 Å². The summed E-state index contributed by atoms with van der Waals surface area (Å²) in [6.07, 6.45) is 1.10. The van der Waals surface area contributed by atoms with Crippen molar-refractivity contribution in [2.75, 3.05) is 20.3 Å². The van der Waals surface area contributed by atoms with Crippen LogP contribution in [0.15, 0.2) is 30.0 Å². The molecular formula is C14H17NO5. The Balaban J connectivity index is 3.06. The van der Waals surface area contributed by atoms with Crippen LogP contribution in [0.4, 0.5) is 0 Å². The van der Waals surface area contributed by atoms with E-state index in [1.54, 1.807) is 26.0 Å². The van der Waals surface area contributed by atoms with E-state index in [9.17, 15) is 9.59 Å². The van der Waals surface area contributed by atoms with Gasteiger partial charge in [-0.25, -0.2) is 9.78 Å². The van der Waals surface area contributed by atoms with Gasteiger partial charge in [-0.2, -0.15) is 0 Å². The van der Waals surface area contributed by atoms with E-state index < -0.39 is 11.8 Å². The fraction of sp³-hybridized carbons (Fsp3) is 0.357. The van der Waals surface area contributed by atoms with Crippen molar-refractivity contribution in [3.8, 4) is 5.88 Å². The van der Waals surface area contributed by atoms with Gasteiger partial charge in [-0.1, -0.05) is 6.07 Å². The lowest BCUT2D eigenvalue weighted by atomic mass is 10.1. The largest absolute Gasteiger partial charge is 0.500 e. The number of hydrogen-bond donors (Lipinski definition) is 0. The molecule has 0 amide bonds. The van der Waals surface area contributed by atoms with Crippen LogP contribution < -0.4 is 4.74 Å². The normalized spacial score (nSPS) is 10.8. The summed E-state index contributed by atoms with van der Waals surface area (Å²) < 4.78 is 14.8. The average molecular weight is 279 g/mol. The Kier molecular flexibility index (Phi) is 6.22. The highest BCUT2D eigenvalue weighted by Gasteiger charge is 2.23. The van der Waals surface area contributed by atoms with Gasteiger partial charge in [0.2, 0.25) is 11.7 Å². The maximum atomic E-state index is 12.3. The van der Waals surface area contributed by atoms with E-state index >= 15 is 0 Å². The van der Waals surface area contributed by atoms with E-state index in [1.807, 2.05) is 0 Å². The Morgan fingerprint density at radius 3 is 2.60 bits per heavy atom. The maximum Gasteiger partial charge on any atom is 0.345 e. The van der Waals surface area contributed by atoms with Gasteiger partial charge in [0.1, 0.15) is 17.5 Å². The first-order valence-electron chi connectivity index (χ1n) is 6.18. The minimum absolute atomic E-state index is 0.0864. The number of nitrogens with zero attached hydrogens (tertiary/aromatic N) is 1. The second kappa shape index (κ2) is 7.93. The van der Waals surface area contributed by atoms with Crippen LogP contribution in [0.1, 0.15) is 24.3 Å². The molecule has 6 nitrogen and oxygen atoms in total. The van der Waals surface area contributed by atoms with E-state index in [2.05, 4.69) is 4.98 Å². The van der Waals surface area contributed by atoms with E-state index in [0.29, 0.717) is 6.61 Å². The molecule has 1 aromatic rings. The molecule has 0 fully saturated rings. The number of rotatable bonds is 7.